The number of nitrogen functional groups attached to an aromatic ring is 2. The lowest BCUT2D eigenvalue weighted by molar-refractivity contribution is -0.148. The molecule has 3 atom stereocenters. The molecule has 12 N–H and O–H groups in total. The van der Waals surface area contributed by atoms with Crippen LogP contribution < -0.4 is 32.7 Å². The fourth-order valence-corrected chi connectivity index (χ4v) is 6.91. The molecule has 75 heavy (non-hydrogen) atoms. The Hall–Kier alpha value is -7.25. The zero-order chi connectivity index (χ0) is 56.2. The number of aromatic nitrogens is 7. The van der Waals surface area contributed by atoms with Crippen LogP contribution in [-0.4, -0.2) is 106 Å². The van der Waals surface area contributed by atoms with Crippen LogP contribution in [0.1, 0.15) is 96.0 Å². The molecule has 0 saturated heterocycles. The van der Waals surface area contributed by atoms with Crippen molar-refractivity contribution >= 4 is 134 Å². The minimum absolute atomic E-state index is 0.00636. The summed E-state index contributed by atoms with van der Waals surface area (Å²) in [6.07, 6.45) is -1.16. The van der Waals surface area contributed by atoms with Crippen LogP contribution in [0.5, 0.6) is 0 Å². The van der Waals surface area contributed by atoms with Crippen LogP contribution in [0.4, 0.5) is 16.3 Å². The molecule has 5 aromatic heterocycles. The van der Waals surface area contributed by atoms with Crippen LogP contribution in [0.25, 0.3) is 22.3 Å². The Morgan fingerprint density at radius 3 is 1.53 bits per heavy atom. The van der Waals surface area contributed by atoms with Crippen molar-refractivity contribution in [2.24, 2.45) is 0 Å². The molecule has 6 rings (SSSR count). The lowest BCUT2D eigenvalue weighted by Crippen LogP contribution is -2.45. The summed E-state index contributed by atoms with van der Waals surface area (Å²) < 4.78 is 9.27. The van der Waals surface area contributed by atoms with Gasteiger partial charge in [-0.05, 0) is 80.9 Å². The van der Waals surface area contributed by atoms with Gasteiger partial charge in [-0.25, -0.2) is 34.5 Å². The maximum Gasteiger partial charge on any atom is 0.408 e. The van der Waals surface area contributed by atoms with Gasteiger partial charge >= 0.3 is 24.0 Å². The zero-order valence-corrected chi connectivity index (χ0v) is 44.8. The molecule has 0 saturated carbocycles. The number of rotatable bonds is 16. The van der Waals surface area contributed by atoms with E-state index in [2.05, 4.69) is 60.9 Å². The van der Waals surface area contributed by atoms with E-state index in [1.807, 2.05) is 0 Å². The molecule has 404 valence electrons. The SMILES string of the molecule is CCC(=O)NC(CC(=O)NCc1cc(Cl)cc(Cl)c1)c1nc2nc(Cl)ccc2[nH]1.CCC(=O)NC(CC(=O)O)c1nc2nc(Cl)ccc2[nH]1.COC(=O)[C@H](CC(=O)O)NC(=O)OC(C)(C)C.Nc1ccc(Cl)nc1N. The fourth-order valence-electron chi connectivity index (χ4n) is 5.90. The van der Waals surface area contributed by atoms with Crippen LogP contribution in [-0.2, 0) is 44.8 Å². The number of carboxylic acid groups (broad SMARTS) is 2. The topological polar surface area (TPSA) is 375 Å². The number of alkyl carbamates (subject to hydrolysis) is 1. The van der Waals surface area contributed by atoms with Crippen LogP contribution in [0.2, 0.25) is 25.5 Å². The van der Waals surface area contributed by atoms with Gasteiger partial charge in [0.1, 0.15) is 44.6 Å². The smallest absolute Gasteiger partial charge is 0.408 e. The number of esters is 1. The number of halogens is 5. The van der Waals surface area contributed by atoms with Crippen molar-refractivity contribution in [3.63, 3.8) is 0 Å². The number of aromatic amines is 2. The Balaban J connectivity index is 0.000000283. The van der Waals surface area contributed by atoms with E-state index in [4.69, 9.17) is 84.4 Å². The number of imidazole rings is 2. The number of aliphatic carboxylic acids is 2. The molecule has 0 aliphatic heterocycles. The summed E-state index contributed by atoms with van der Waals surface area (Å²) in [5.41, 5.74) is 13.2. The second-order valence-electron chi connectivity index (χ2n) is 16.5. The van der Waals surface area contributed by atoms with Crippen molar-refractivity contribution in [2.45, 2.75) is 97.0 Å². The van der Waals surface area contributed by atoms with Gasteiger partial charge in [0.2, 0.25) is 17.7 Å². The third-order valence-electron chi connectivity index (χ3n) is 9.29. The Kier molecular flexibility index (Phi) is 24.5. The third kappa shape index (κ3) is 22.4. The van der Waals surface area contributed by atoms with Gasteiger partial charge in [0.15, 0.2) is 11.3 Å². The average molecular weight is 1140 g/mol. The number of nitrogens with zero attached hydrogens (tertiary/aromatic N) is 5. The van der Waals surface area contributed by atoms with Gasteiger partial charge in [0.05, 0.1) is 55.2 Å². The van der Waals surface area contributed by atoms with Crippen LogP contribution in [0, 0.1) is 0 Å². The second-order valence-corrected chi connectivity index (χ2v) is 18.5. The number of methoxy groups -OCH3 is 1. The summed E-state index contributed by atoms with van der Waals surface area (Å²) in [6, 6.07) is 12.3. The number of carbonyl (C=O) groups excluding carboxylic acids is 5. The Bertz CT molecular complexity index is 2950. The van der Waals surface area contributed by atoms with E-state index in [1.54, 1.807) is 89.2 Å². The summed E-state index contributed by atoms with van der Waals surface area (Å²) in [4.78, 5) is 106. The second kappa shape index (κ2) is 29.6. The maximum absolute atomic E-state index is 12.5. The van der Waals surface area contributed by atoms with E-state index in [1.165, 1.54) is 0 Å². The highest BCUT2D eigenvalue weighted by Gasteiger charge is 2.27. The number of ether oxygens (including phenoxy) is 2. The van der Waals surface area contributed by atoms with Crippen molar-refractivity contribution in [3.05, 3.63) is 97.3 Å². The molecule has 2 unspecified atom stereocenters. The van der Waals surface area contributed by atoms with Gasteiger partial charge in [0, 0.05) is 29.4 Å². The molecule has 4 amide bonds. The molecular weight excluding hydrogens is 1090 g/mol. The van der Waals surface area contributed by atoms with E-state index in [0.29, 0.717) is 65.2 Å². The molecule has 0 spiro atoms. The number of amides is 4. The largest absolute Gasteiger partial charge is 0.481 e. The number of nitrogens with one attached hydrogen (secondary N) is 6. The number of anilines is 2. The summed E-state index contributed by atoms with van der Waals surface area (Å²) in [5.74, 6) is -2.75. The first-order chi connectivity index (χ1) is 35.2. The number of hydrogen-bond acceptors (Lipinski definition) is 16. The quantitative estimate of drug-likeness (QED) is 0.0336. The fraction of sp³-hybridized carbons (Fsp3) is 0.348. The Morgan fingerprint density at radius 2 is 1.11 bits per heavy atom. The summed E-state index contributed by atoms with van der Waals surface area (Å²) in [6.45, 7) is 8.62. The molecule has 0 aliphatic rings. The van der Waals surface area contributed by atoms with Crippen LogP contribution in [0.15, 0.2) is 54.6 Å². The predicted octanol–water partition coefficient (Wildman–Crippen LogP) is 7.27. The van der Waals surface area contributed by atoms with E-state index in [9.17, 15) is 33.6 Å². The molecule has 0 aliphatic carbocycles. The number of carboxylic acids is 2. The molecule has 0 fully saturated rings. The predicted molar refractivity (Wildman–Crippen MR) is 281 cm³/mol. The summed E-state index contributed by atoms with van der Waals surface area (Å²) in [7, 11) is 1.11. The molecule has 29 heteroatoms. The molecule has 0 bridgehead atoms. The van der Waals surface area contributed by atoms with E-state index >= 15 is 0 Å². The number of hydrogen-bond donors (Lipinski definition) is 10. The minimum atomic E-state index is -1.26. The Morgan fingerprint density at radius 1 is 0.640 bits per heavy atom. The van der Waals surface area contributed by atoms with Crippen LogP contribution >= 0.6 is 58.0 Å². The molecule has 24 nitrogen and oxygen atoms in total. The third-order valence-corrected chi connectivity index (χ3v) is 10.4. The highest BCUT2D eigenvalue weighted by molar-refractivity contribution is 6.34. The van der Waals surface area contributed by atoms with E-state index in [-0.39, 0.29) is 55.8 Å². The highest BCUT2D eigenvalue weighted by Crippen LogP contribution is 2.23. The molecular formula is C46H54Cl5N13O11. The summed E-state index contributed by atoms with van der Waals surface area (Å²) in [5, 5.41) is 29.8. The first-order valence-corrected chi connectivity index (χ1v) is 24.1. The van der Waals surface area contributed by atoms with Gasteiger partial charge in [0.25, 0.3) is 0 Å². The van der Waals surface area contributed by atoms with Crippen molar-refractivity contribution in [3.8, 4) is 0 Å². The van der Waals surface area contributed by atoms with Crippen molar-refractivity contribution in [1.29, 1.82) is 0 Å². The molecule has 0 radical (unpaired) electrons. The van der Waals surface area contributed by atoms with E-state index < -0.39 is 54.1 Å². The molecule has 1 aromatic carbocycles. The van der Waals surface area contributed by atoms with E-state index in [0.717, 1.165) is 12.7 Å². The summed E-state index contributed by atoms with van der Waals surface area (Å²) >= 11 is 29.1. The number of fused-ring (bicyclic) bond motifs is 2. The number of carbonyl (C=O) groups is 7. The first-order valence-electron chi connectivity index (χ1n) is 22.2. The number of nitrogens with two attached hydrogens (primary N) is 2. The Labute approximate surface area is 453 Å². The molecule has 6 aromatic rings. The normalized spacial score (nSPS) is 11.9. The van der Waals surface area contributed by atoms with Crippen LogP contribution in [0.3, 0.4) is 0 Å². The molecule has 5 heterocycles. The lowest BCUT2D eigenvalue weighted by atomic mass is 10.1. The van der Waals surface area contributed by atoms with Gasteiger partial charge in [-0.1, -0.05) is 71.9 Å². The number of pyridine rings is 3. The zero-order valence-electron chi connectivity index (χ0n) is 41.0. The average Bonchev–Trinajstić information content (AvgIpc) is 3.95. The van der Waals surface area contributed by atoms with Gasteiger partial charge in [-0.3, -0.25) is 24.0 Å². The highest BCUT2D eigenvalue weighted by atomic mass is 35.5. The van der Waals surface area contributed by atoms with Crippen molar-refractivity contribution in [2.75, 3.05) is 18.6 Å². The standard InChI is InChI=1S/C19H18Cl3N5O2.C12H13ClN4O3.C10H17NO6.C5H6ClN3/c1-2-16(28)24-14(19-25-13-3-4-15(22)26-18(13)27-19)8-17(29)23-9-10-5-11(20)7-12(21)6-10;1-2-9(18)14-7(5-10(19)20)12-15-6-3-4-8(13)16-11(6)17-12;1-10(2,3)17-9(15)11-6(5-7(12)13)8(14)16-4;6-4-2-1-3(7)5(8)9-4/h3-7,14H,2,8-9H2,1H3,(H,23,29)(H,24,28)(H,25,26,27);3-4,7H,2,5H2,1H3,(H,14,18)(H,19,20)(H,15,16,17);6H,5H2,1-4H3,(H,11,15)(H,12,13);1-2H,7H2,(H2,8,9)/t;;6-;/m..0./s1. The van der Waals surface area contributed by atoms with Gasteiger partial charge in [-0.15, -0.1) is 0 Å². The maximum atomic E-state index is 12.5. The lowest BCUT2D eigenvalue weighted by Gasteiger charge is -2.21. The minimum Gasteiger partial charge on any atom is -0.481 e. The number of benzene rings is 1. The first kappa shape index (κ1) is 62.0. The number of H-pyrrole nitrogens is 2. The monoisotopic (exact) mass is 1140 g/mol. The van der Waals surface area contributed by atoms with Crippen molar-refractivity contribution < 1.29 is 53.2 Å². The van der Waals surface area contributed by atoms with Gasteiger partial charge < -0.3 is 62.4 Å². The van der Waals surface area contributed by atoms with Gasteiger partial charge in [-0.2, -0.15) is 0 Å². The van der Waals surface area contributed by atoms with Crippen molar-refractivity contribution in [1.82, 2.24) is 56.2 Å².